The monoisotopic (exact) mass is 176 g/mol. The Labute approximate surface area is 78.1 Å². The molecule has 1 aromatic carbocycles. The van der Waals surface area contributed by atoms with Crippen LogP contribution in [-0.2, 0) is 13.0 Å². The molecule has 1 aliphatic heterocycles. The van der Waals surface area contributed by atoms with E-state index in [-0.39, 0.29) is 6.61 Å². The molecule has 1 N–H and O–H groups in total. The smallest absolute Gasteiger partial charge is 0.168 e. The van der Waals surface area contributed by atoms with Crippen molar-refractivity contribution in [1.82, 2.24) is 0 Å². The summed E-state index contributed by atoms with van der Waals surface area (Å²) in [6.07, 6.45) is 3.16. The summed E-state index contributed by atoms with van der Waals surface area (Å²) in [7, 11) is 0. The fourth-order valence-corrected chi connectivity index (χ4v) is 1.72. The lowest BCUT2D eigenvalue weighted by Gasteiger charge is -2.11. The molecule has 1 heterocycles. The molecule has 0 saturated heterocycles. The van der Waals surface area contributed by atoms with E-state index >= 15 is 0 Å². The molecule has 68 valence electrons. The summed E-state index contributed by atoms with van der Waals surface area (Å²) >= 11 is 0. The maximum Gasteiger partial charge on any atom is 0.168 e. The average Bonchev–Trinajstić information content (AvgIpc) is 2.18. The third-order valence-corrected chi connectivity index (χ3v) is 2.45. The normalized spacial score (nSPS) is 15.0. The number of rotatable bonds is 2. The minimum Gasteiger partial charge on any atom is -0.390 e. The van der Waals surface area contributed by atoms with E-state index in [1.165, 1.54) is 11.1 Å². The number of β-amino-alcohol motifs (C(OH)–C–C–N with tert-alkyl or cyclic N) is 1. The Hall–Kier alpha value is -1.15. The number of hydrogen-bond acceptors (Lipinski definition) is 1. The zero-order chi connectivity index (χ0) is 9.10. The molecule has 1 aromatic rings. The van der Waals surface area contributed by atoms with E-state index in [4.69, 9.17) is 5.11 Å². The summed E-state index contributed by atoms with van der Waals surface area (Å²) in [5.41, 5.74) is 2.80. The largest absolute Gasteiger partial charge is 0.390 e. The predicted octanol–water partition coefficient (Wildman–Crippen LogP) is 0.818. The van der Waals surface area contributed by atoms with Crippen molar-refractivity contribution in [3.05, 3.63) is 35.4 Å². The summed E-state index contributed by atoms with van der Waals surface area (Å²) in [6, 6.07) is 8.48. The third kappa shape index (κ3) is 1.78. The molecule has 0 unspecified atom stereocenters. The number of benzene rings is 1. The van der Waals surface area contributed by atoms with Crippen LogP contribution in [0.1, 0.15) is 11.1 Å². The Morgan fingerprint density at radius 3 is 2.77 bits per heavy atom. The second kappa shape index (κ2) is 3.71. The molecule has 0 spiro atoms. The highest BCUT2D eigenvalue weighted by Crippen LogP contribution is 2.13. The predicted molar refractivity (Wildman–Crippen MR) is 52.1 cm³/mol. The van der Waals surface area contributed by atoms with Gasteiger partial charge >= 0.3 is 0 Å². The first kappa shape index (κ1) is 8.45. The van der Waals surface area contributed by atoms with Crippen LogP contribution >= 0.6 is 0 Å². The van der Waals surface area contributed by atoms with E-state index in [0.717, 1.165) is 19.5 Å². The Morgan fingerprint density at radius 2 is 2.00 bits per heavy atom. The van der Waals surface area contributed by atoms with Gasteiger partial charge in [-0.3, -0.25) is 0 Å². The van der Waals surface area contributed by atoms with Crippen LogP contribution in [-0.4, -0.2) is 29.0 Å². The molecule has 0 bridgehead atoms. The topological polar surface area (TPSA) is 23.2 Å². The summed E-state index contributed by atoms with van der Waals surface area (Å²) in [6.45, 7) is 1.92. The van der Waals surface area contributed by atoms with Gasteiger partial charge in [0.05, 0.1) is 6.42 Å². The van der Waals surface area contributed by atoms with Crippen molar-refractivity contribution in [2.24, 2.45) is 0 Å². The fourth-order valence-electron chi connectivity index (χ4n) is 1.72. The summed E-state index contributed by atoms with van der Waals surface area (Å²) in [5, 5.41) is 8.80. The first-order valence-electron chi connectivity index (χ1n) is 4.65. The summed E-state index contributed by atoms with van der Waals surface area (Å²) in [4.78, 5) is 0. The number of aliphatic hydroxyl groups is 1. The lowest BCUT2D eigenvalue weighted by Crippen LogP contribution is -2.22. The van der Waals surface area contributed by atoms with Gasteiger partial charge in [0.1, 0.15) is 12.8 Å². The number of hydrogen-bond donors (Lipinski definition) is 1. The van der Waals surface area contributed by atoms with Crippen molar-refractivity contribution in [2.45, 2.75) is 13.0 Å². The molecule has 13 heavy (non-hydrogen) atoms. The molecule has 0 aromatic heterocycles. The first-order valence-corrected chi connectivity index (χ1v) is 4.65. The molecule has 0 radical (unpaired) electrons. The lowest BCUT2D eigenvalue weighted by atomic mass is 10.0. The highest BCUT2D eigenvalue weighted by Gasteiger charge is 2.14. The van der Waals surface area contributed by atoms with Gasteiger partial charge in [-0.05, 0) is 5.56 Å². The Bertz CT molecular complexity index is 331. The Balaban J connectivity index is 2.18. The maximum absolute atomic E-state index is 8.80. The standard InChI is InChI=1S/C11H14NO/c13-8-7-12-6-5-10-3-1-2-4-11(10)9-12/h1-4,6,13H,5,7-9H2/q+1. The van der Waals surface area contributed by atoms with E-state index in [1.54, 1.807) is 0 Å². The molecular formula is C11H14NO+. The van der Waals surface area contributed by atoms with Gasteiger partial charge in [-0.1, -0.05) is 24.3 Å². The van der Waals surface area contributed by atoms with Gasteiger partial charge in [-0.15, -0.1) is 0 Å². The Kier molecular flexibility index (Phi) is 2.41. The molecule has 0 aliphatic carbocycles. The van der Waals surface area contributed by atoms with Gasteiger partial charge in [0.15, 0.2) is 13.1 Å². The van der Waals surface area contributed by atoms with Crippen LogP contribution in [0.25, 0.3) is 0 Å². The van der Waals surface area contributed by atoms with Gasteiger partial charge in [-0.2, -0.15) is 0 Å². The lowest BCUT2D eigenvalue weighted by molar-refractivity contribution is -0.544. The maximum atomic E-state index is 8.80. The van der Waals surface area contributed by atoms with Crippen LogP contribution in [0.5, 0.6) is 0 Å². The highest BCUT2D eigenvalue weighted by molar-refractivity contribution is 5.59. The van der Waals surface area contributed by atoms with Gasteiger partial charge < -0.3 is 5.11 Å². The quantitative estimate of drug-likeness (QED) is 0.662. The van der Waals surface area contributed by atoms with Crippen LogP contribution in [0.3, 0.4) is 0 Å². The van der Waals surface area contributed by atoms with E-state index in [0.29, 0.717) is 0 Å². The molecule has 0 saturated carbocycles. The molecule has 0 amide bonds. The van der Waals surface area contributed by atoms with Crippen molar-refractivity contribution < 1.29 is 9.68 Å². The first-order chi connectivity index (χ1) is 6.40. The SMILES string of the molecule is OCC[N+]1=CCc2ccccc2C1. The Morgan fingerprint density at radius 1 is 1.23 bits per heavy atom. The number of fused-ring (bicyclic) bond motifs is 1. The minimum absolute atomic E-state index is 0.235. The third-order valence-electron chi connectivity index (χ3n) is 2.45. The zero-order valence-electron chi connectivity index (χ0n) is 7.61. The van der Waals surface area contributed by atoms with E-state index in [9.17, 15) is 0 Å². The van der Waals surface area contributed by atoms with Crippen LogP contribution < -0.4 is 0 Å². The molecule has 2 rings (SSSR count). The molecule has 0 fully saturated rings. The van der Waals surface area contributed by atoms with Crippen molar-refractivity contribution in [2.75, 3.05) is 13.2 Å². The van der Waals surface area contributed by atoms with Crippen molar-refractivity contribution in [1.29, 1.82) is 0 Å². The van der Waals surface area contributed by atoms with Gasteiger partial charge in [0, 0.05) is 5.56 Å². The van der Waals surface area contributed by atoms with Crippen LogP contribution in [0.2, 0.25) is 0 Å². The molecule has 2 heteroatoms. The van der Waals surface area contributed by atoms with E-state index < -0.39 is 0 Å². The minimum atomic E-state index is 0.235. The molecular weight excluding hydrogens is 162 g/mol. The second-order valence-electron chi connectivity index (χ2n) is 3.35. The van der Waals surface area contributed by atoms with Crippen LogP contribution in [0.15, 0.2) is 24.3 Å². The molecule has 0 atom stereocenters. The summed E-state index contributed by atoms with van der Waals surface area (Å²) in [5.74, 6) is 0. The van der Waals surface area contributed by atoms with Crippen molar-refractivity contribution in [3.63, 3.8) is 0 Å². The van der Waals surface area contributed by atoms with Gasteiger partial charge in [-0.25, -0.2) is 4.58 Å². The highest BCUT2D eigenvalue weighted by atomic mass is 16.3. The second-order valence-corrected chi connectivity index (χ2v) is 3.35. The number of aliphatic hydroxyl groups excluding tert-OH is 1. The van der Waals surface area contributed by atoms with Crippen LogP contribution in [0.4, 0.5) is 0 Å². The number of nitrogens with zero attached hydrogens (tertiary/aromatic N) is 1. The van der Waals surface area contributed by atoms with Crippen molar-refractivity contribution in [3.8, 4) is 0 Å². The van der Waals surface area contributed by atoms with Gasteiger partial charge in [0.25, 0.3) is 0 Å². The van der Waals surface area contributed by atoms with Crippen molar-refractivity contribution >= 4 is 6.21 Å². The van der Waals surface area contributed by atoms with Gasteiger partial charge in [0.2, 0.25) is 0 Å². The van der Waals surface area contributed by atoms with Crippen LogP contribution in [0, 0.1) is 0 Å². The van der Waals surface area contributed by atoms with E-state index in [2.05, 4.69) is 35.1 Å². The fraction of sp³-hybridized carbons (Fsp3) is 0.364. The average molecular weight is 176 g/mol. The van der Waals surface area contributed by atoms with E-state index in [1.807, 2.05) is 0 Å². The molecule has 1 aliphatic rings. The zero-order valence-corrected chi connectivity index (χ0v) is 7.61. The summed E-state index contributed by atoms with van der Waals surface area (Å²) < 4.78 is 2.17. The molecule has 2 nitrogen and oxygen atoms in total.